The summed E-state index contributed by atoms with van der Waals surface area (Å²) < 4.78 is 16.8. The average molecular weight is 279 g/mol. The Morgan fingerprint density at radius 3 is 2.75 bits per heavy atom. The molecule has 0 aliphatic carbocycles. The van der Waals surface area contributed by atoms with E-state index in [9.17, 15) is 0 Å². The van der Waals surface area contributed by atoms with Gasteiger partial charge in [-0.05, 0) is 30.7 Å². The maximum absolute atomic E-state index is 6.09. The van der Waals surface area contributed by atoms with Crippen LogP contribution in [-0.4, -0.2) is 33.0 Å². The van der Waals surface area contributed by atoms with E-state index in [1.54, 1.807) is 7.11 Å². The first-order valence-corrected chi connectivity index (χ1v) is 7.45. The fourth-order valence-corrected chi connectivity index (χ4v) is 2.31. The quantitative estimate of drug-likeness (QED) is 0.779. The second-order valence-corrected chi connectivity index (χ2v) is 5.09. The van der Waals surface area contributed by atoms with Crippen LogP contribution in [0.2, 0.25) is 0 Å². The highest BCUT2D eigenvalue weighted by Gasteiger charge is 2.17. The van der Waals surface area contributed by atoms with Crippen molar-refractivity contribution < 1.29 is 14.2 Å². The first kappa shape index (κ1) is 15.1. The van der Waals surface area contributed by atoms with Gasteiger partial charge in [-0.15, -0.1) is 0 Å². The Balaban J connectivity index is 2.01. The molecule has 4 nitrogen and oxygen atoms in total. The number of rotatable bonds is 7. The topological polar surface area (TPSA) is 39.7 Å². The van der Waals surface area contributed by atoms with Crippen LogP contribution in [0.1, 0.15) is 31.7 Å². The number of benzene rings is 1. The molecule has 2 rings (SSSR count). The zero-order chi connectivity index (χ0) is 14.2. The standard InChI is InChI=1S/C16H25NO3/c1-3-8-17-12-13-4-5-15(18-2)16(11-13)20-14-6-9-19-10-7-14/h4-5,11,14,17H,3,6-10,12H2,1-2H3. The highest BCUT2D eigenvalue weighted by molar-refractivity contribution is 5.43. The van der Waals surface area contributed by atoms with Gasteiger partial charge < -0.3 is 19.5 Å². The van der Waals surface area contributed by atoms with Crippen molar-refractivity contribution in [1.82, 2.24) is 5.32 Å². The van der Waals surface area contributed by atoms with E-state index in [-0.39, 0.29) is 6.10 Å². The van der Waals surface area contributed by atoms with E-state index < -0.39 is 0 Å². The highest BCUT2D eigenvalue weighted by atomic mass is 16.5. The SMILES string of the molecule is CCCNCc1ccc(OC)c(OC2CCOCC2)c1. The van der Waals surface area contributed by atoms with Crippen LogP contribution >= 0.6 is 0 Å². The number of methoxy groups -OCH3 is 1. The van der Waals surface area contributed by atoms with Gasteiger partial charge >= 0.3 is 0 Å². The molecule has 1 aliphatic heterocycles. The summed E-state index contributed by atoms with van der Waals surface area (Å²) in [5, 5.41) is 3.40. The second kappa shape index (κ2) is 8.12. The lowest BCUT2D eigenvalue weighted by Gasteiger charge is -2.24. The summed E-state index contributed by atoms with van der Waals surface area (Å²) in [4.78, 5) is 0. The van der Waals surface area contributed by atoms with Crippen LogP contribution in [0.5, 0.6) is 11.5 Å². The van der Waals surface area contributed by atoms with Gasteiger partial charge in [-0.2, -0.15) is 0 Å². The van der Waals surface area contributed by atoms with Gasteiger partial charge in [-0.3, -0.25) is 0 Å². The molecule has 1 aromatic carbocycles. The zero-order valence-electron chi connectivity index (χ0n) is 12.5. The van der Waals surface area contributed by atoms with E-state index in [0.717, 1.165) is 57.1 Å². The predicted molar refractivity (Wildman–Crippen MR) is 79.5 cm³/mol. The second-order valence-electron chi connectivity index (χ2n) is 5.09. The van der Waals surface area contributed by atoms with E-state index in [1.165, 1.54) is 5.56 Å². The Labute approximate surface area is 121 Å². The molecule has 0 aromatic heterocycles. The maximum atomic E-state index is 6.09. The van der Waals surface area contributed by atoms with Gasteiger partial charge in [0.15, 0.2) is 11.5 Å². The molecule has 0 spiro atoms. The van der Waals surface area contributed by atoms with E-state index in [4.69, 9.17) is 14.2 Å². The van der Waals surface area contributed by atoms with Crippen molar-refractivity contribution in [2.45, 2.75) is 38.8 Å². The molecule has 0 saturated carbocycles. The molecule has 4 heteroatoms. The lowest BCUT2D eigenvalue weighted by Crippen LogP contribution is -2.26. The van der Waals surface area contributed by atoms with Gasteiger partial charge in [-0.1, -0.05) is 13.0 Å². The molecule has 0 amide bonds. The third-order valence-electron chi connectivity index (χ3n) is 3.45. The molecule has 1 N–H and O–H groups in total. The van der Waals surface area contributed by atoms with Gasteiger partial charge in [0.05, 0.1) is 20.3 Å². The highest BCUT2D eigenvalue weighted by Crippen LogP contribution is 2.30. The van der Waals surface area contributed by atoms with Crippen molar-refractivity contribution >= 4 is 0 Å². The largest absolute Gasteiger partial charge is 0.493 e. The van der Waals surface area contributed by atoms with Crippen LogP contribution in [0.4, 0.5) is 0 Å². The van der Waals surface area contributed by atoms with Crippen molar-refractivity contribution in [3.8, 4) is 11.5 Å². The minimum atomic E-state index is 0.233. The lowest BCUT2D eigenvalue weighted by atomic mass is 10.1. The minimum Gasteiger partial charge on any atom is -0.493 e. The fraction of sp³-hybridized carbons (Fsp3) is 0.625. The molecular formula is C16H25NO3. The Hall–Kier alpha value is -1.26. The van der Waals surface area contributed by atoms with Gasteiger partial charge in [0.2, 0.25) is 0 Å². The average Bonchev–Trinajstić information content (AvgIpc) is 2.49. The molecule has 1 aliphatic rings. The van der Waals surface area contributed by atoms with Crippen molar-refractivity contribution in [3.05, 3.63) is 23.8 Å². The van der Waals surface area contributed by atoms with Crippen molar-refractivity contribution in [3.63, 3.8) is 0 Å². The molecule has 1 heterocycles. The number of nitrogens with one attached hydrogen (secondary N) is 1. The predicted octanol–water partition coefficient (Wildman–Crippen LogP) is 2.75. The van der Waals surface area contributed by atoms with E-state index in [0.29, 0.717) is 0 Å². The summed E-state index contributed by atoms with van der Waals surface area (Å²) >= 11 is 0. The van der Waals surface area contributed by atoms with Gasteiger partial charge in [0.1, 0.15) is 6.10 Å². The molecular weight excluding hydrogens is 254 g/mol. The lowest BCUT2D eigenvalue weighted by molar-refractivity contribution is 0.0245. The molecule has 20 heavy (non-hydrogen) atoms. The Morgan fingerprint density at radius 2 is 2.05 bits per heavy atom. The van der Waals surface area contributed by atoms with E-state index in [1.807, 2.05) is 6.07 Å². The minimum absolute atomic E-state index is 0.233. The third-order valence-corrected chi connectivity index (χ3v) is 3.45. The molecule has 0 unspecified atom stereocenters. The molecule has 0 radical (unpaired) electrons. The van der Waals surface area contributed by atoms with Crippen LogP contribution in [0, 0.1) is 0 Å². The Bertz CT molecular complexity index is 403. The summed E-state index contributed by atoms with van der Waals surface area (Å²) in [5.41, 5.74) is 1.22. The van der Waals surface area contributed by atoms with Crippen LogP contribution in [0.15, 0.2) is 18.2 Å². The van der Waals surface area contributed by atoms with E-state index >= 15 is 0 Å². The van der Waals surface area contributed by atoms with Gasteiger partial charge in [0, 0.05) is 19.4 Å². The Morgan fingerprint density at radius 1 is 1.25 bits per heavy atom. The number of hydrogen-bond acceptors (Lipinski definition) is 4. The third kappa shape index (κ3) is 4.39. The number of ether oxygens (including phenoxy) is 3. The van der Waals surface area contributed by atoms with Gasteiger partial charge in [-0.25, -0.2) is 0 Å². The van der Waals surface area contributed by atoms with Crippen molar-refractivity contribution in [2.75, 3.05) is 26.9 Å². The molecule has 1 aromatic rings. The molecule has 0 bridgehead atoms. The molecule has 0 atom stereocenters. The summed E-state index contributed by atoms with van der Waals surface area (Å²) in [6.45, 7) is 5.63. The maximum Gasteiger partial charge on any atom is 0.161 e. The first-order valence-electron chi connectivity index (χ1n) is 7.45. The molecule has 112 valence electrons. The van der Waals surface area contributed by atoms with Crippen LogP contribution in [0.25, 0.3) is 0 Å². The fourth-order valence-electron chi connectivity index (χ4n) is 2.31. The summed E-state index contributed by atoms with van der Waals surface area (Å²) in [5.74, 6) is 1.64. The van der Waals surface area contributed by atoms with Gasteiger partial charge in [0.25, 0.3) is 0 Å². The number of hydrogen-bond donors (Lipinski definition) is 1. The van der Waals surface area contributed by atoms with Crippen LogP contribution in [-0.2, 0) is 11.3 Å². The molecule has 1 fully saturated rings. The molecule has 1 saturated heterocycles. The Kier molecular flexibility index (Phi) is 6.15. The summed E-state index contributed by atoms with van der Waals surface area (Å²) in [6, 6.07) is 6.15. The van der Waals surface area contributed by atoms with Crippen LogP contribution < -0.4 is 14.8 Å². The van der Waals surface area contributed by atoms with Crippen molar-refractivity contribution in [1.29, 1.82) is 0 Å². The summed E-state index contributed by atoms with van der Waals surface area (Å²) in [7, 11) is 1.68. The van der Waals surface area contributed by atoms with E-state index in [2.05, 4.69) is 24.4 Å². The normalized spacial score (nSPS) is 16.1. The van der Waals surface area contributed by atoms with Crippen molar-refractivity contribution in [2.24, 2.45) is 0 Å². The monoisotopic (exact) mass is 279 g/mol. The van der Waals surface area contributed by atoms with Crippen LogP contribution in [0.3, 0.4) is 0 Å². The smallest absolute Gasteiger partial charge is 0.161 e. The zero-order valence-corrected chi connectivity index (χ0v) is 12.5. The summed E-state index contributed by atoms with van der Waals surface area (Å²) in [6.07, 6.45) is 3.27. The first-order chi connectivity index (χ1) is 9.83.